The van der Waals surface area contributed by atoms with Crippen LogP contribution in [0, 0.1) is 19.3 Å². The van der Waals surface area contributed by atoms with Crippen LogP contribution >= 0.6 is 0 Å². The first-order valence-corrected chi connectivity index (χ1v) is 4.23. The SMILES string of the molecule is C#CC(N)c1cc(C)nnc1CC. The lowest BCUT2D eigenvalue weighted by molar-refractivity contribution is 0.819. The minimum absolute atomic E-state index is 0.371. The molecule has 0 aliphatic heterocycles. The van der Waals surface area contributed by atoms with Crippen molar-refractivity contribution in [1.82, 2.24) is 10.2 Å². The lowest BCUT2D eigenvalue weighted by Gasteiger charge is -2.09. The summed E-state index contributed by atoms with van der Waals surface area (Å²) in [6.07, 6.45) is 6.06. The summed E-state index contributed by atoms with van der Waals surface area (Å²) >= 11 is 0. The van der Waals surface area contributed by atoms with Crippen LogP contribution in [0.3, 0.4) is 0 Å². The Morgan fingerprint density at radius 2 is 2.31 bits per heavy atom. The third kappa shape index (κ3) is 2.04. The second-order valence-electron chi connectivity index (χ2n) is 2.89. The van der Waals surface area contributed by atoms with Crippen LogP contribution in [0.25, 0.3) is 0 Å². The van der Waals surface area contributed by atoms with E-state index in [2.05, 4.69) is 16.1 Å². The molecule has 2 N–H and O–H groups in total. The molecule has 68 valence electrons. The summed E-state index contributed by atoms with van der Waals surface area (Å²) in [6, 6.07) is 1.53. The molecule has 0 aromatic carbocycles. The van der Waals surface area contributed by atoms with E-state index in [1.165, 1.54) is 0 Å². The molecule has 0 amide bonds. The quantitative estimate of drug-likeness (QED) is 0.682. The Bertz CT molecular complexity index is 339. The molecular formula is C10H13N3. The maximum atomic E-state index is 5.74. The van der Waals surface area contributed by atoms with Gasteiger partial charge in [0.15, 0.2) is 0 Å². The minimum Gasteiger partial charge on any atom is -0.314 e. The molecule has 3 nitrogen and oxygen atoms in total. The van der Waals surface area contributed by atoms with Gasteiger partial charge in [-0.15, -0.1) is 6.42 Å². The van der Waals surface area contributed by atoms with E-state index in [1.54, 1.807) is 0 Å². The van der Waals surface area contributed by atoms with Gasteiger partial charge in [-0.25, -0.2) is 0 Å². The maximum Gasteiger partial charge on any atom is 0.0937 e. The molecule has 0 spiro atoms. The molecule has 1 aromatic rings. The van der Waals surface area contributed by atoms with Gasteiger partial charge in [0.1, 0.15) is 0 Å². The number of hydrogen-bond acceptors (Lipinski definition) is 3. The van der Waals surface area contributed by atoms with Gasteiger partial charge in [-0.2, -0.15) is 10.2 Å². The molecule has 0 saturated carbocycles. The first kappa shape index (κ1) is 9.69. The molecule has 0 fully saturated rings. The number of nitrogens with two attached hydrogens (primary N) is 1. The van der Waals surface area contributed by atoms with E-state index < -0.39 is 0 Å². The van der Waals surface area contributed by atoms with Gasteiger partial charge >= 0.3 is 0 Å². The summed E-state index contributed by atoms with van der Waals surface area (Å²) in [5, 5.41) is 7.99. The molecule has 1 aromatic heterocycles. The van der Waals surface area contributed by atoms with Crippen molar-refractivity contribution < 1.29 is 0 Å². The van der Waals surface area contributed by atoms with Crippen LogP contribution in [0.4, 0.5) is 0 Å². The highest BCUT2D eigenvalue weighted by Gasteiger charge is 2.09. The Kier molecular flexibility index (Phi) is 2.99. The van der Waals surface area contributed by atoms with Gasteiger partial charge < -0.3 is 5.73 Å². The van der Waals surface area contributed by atoms with E-state index in [0.717, 1.165) is 23.4 Å². The number of hydrogen-bond donors (Lipinski definition) is 1. The van der Waals surface area contributed by atoms with Crippen molar-refractivity contribution in [2.45, 2.75) is 26.3 Å². The van der Waals surface area contributed by atoms with E-state index in [-0.39, 0.29) is 6.04 Å². The van der Waals surface area contributed by atoms with Crippen molar-refractivity contribution in [2.75, 3.05) is 0 Å². The Morgan fingerprint density at radius 1 is 1.62 bits per heavy atom. The van der Waals surface area contributed by atoms with Crippen LogP contribution in [0.15, 0.2) is 6.07 Å². The largest absolute Gasteiger partial charge is 0.314 e. The van der Waals surface area contributed by atoms with Gasteiger partial charge in [0.05, 0.1) is 17.4 Å². The van der Waals surface area contributed by atoms with Crippen molar-refractivity contribution in [3.05, 3.63) is 23.0 Å². The molecule has 0 saturated heterocycles. The molecule has 1 heterocycles. The fraction of sp³-hybridized carbons (Fsp3) is 0.400. The van der Waals surface area contributed by atoms with E-state index in [1.807, 2.05) is 19.9 Å². The molecule has 0 aliphatic rings. The van der Waals surface area contributed by atoms with Gasteiger partial charge in [0, 0.05) is 5.56 Å². The second kappa shape index (κ2) is 4.01. The molecule has 0 bridgehead atoms. The summed E-state index contributed by atoms with van der Waals surface area (Å²) in [4.78, 5) is 0. The summed E-state index contributed by atoms with van der Waals surface area (Å²) in [5.74, 6) is 2.49. The second-order valence-corrected chi connectivity index (χ2v) is 2.89. The highest BCUT2D eigenvalue weighted by atomic mass is 15.1. The third-order valence-corrected chi connectivity index (χ3v) is 1.88. The predicted molar refractivity (Wildman–Crippen MR) is 51.9 cm³/mol. The summed E-state index contributed by atoms with van der Waals surface area (Å²) in [5.41, 5.74) is 8.38. The van der Waals surface area contributed by atoms with E-state index in [9.17, 15) is 0 Å². The predicted octanol–water partition coefficient (Wildman–Crippen LogP) is 0.980. The van der Waals surface area contributed by atoms with E-state index in [4.69, 9.17) is 12.2 Å². The van der Waals surface area contributed by atoms with Crippen molar-refractivity contribution >= 4 is 0 Å². The zero-order valence-electron chi connectivity index (χ0n) is 7.91. The van der Waals surface area contributed by atoms with Gasteiger partial charge in [-0.3, -0.25) is 0 Å². The third-order valence-electron chi connectivity index (χ3n) is 1.88. The van der Waals surface area contributed by atoms with Gasteiger partial charge in [0.2, 0.25) is 0 Å². The normalized spacial score (nSPS) is 12.2. The summed E-state index contributed by atoms with van der Waals surface area (Å²) in [7, 11) is 0. The Labute approximate surface area is 78.4 Å². The minimum atomic E-state index is -0.371. The van der Waals surface area contributed by atoms with Crippen LogP contribution < -0.4 is 5.73 Å². The van der Waals surface area contributed by atoms with Crippen LogP contribution in [0.1, 0.15) is 29.9 Å². The van der Waals surface area contributed by atoms with E-state index in [0.29, 0.717) is 0 Å². The van der Waals surface area contributed by atoms with Crippen LogP contribution in [-0.2, 0) is 6.42 Å². The average Bonchev–Trinajstić information content (AvgIpc) is 2.16. The molecule has 13 heavy (non-hydrogen) atoms. The van der Waals surface area contributed by atoms with Gasteiger partial charge in [0.25, 0.3) is 0 Å². The Morgan fingerprint density at radius 3 is 2.85 bits per heavy atom. The lowest BCUT2D eigenvalue weighted by Crippen LogP contribution is -2.12. The highest BCUT2D eigenvalue weighted by molar-refractivity contribution is 5.29. The fourth-order valence-corrected chi connectivity index (χ4v) is 1.17. The van der Waals surface area contributed by atoms with Crippen molar-refractivity contribution in [2.24, 2.45) is 5.73 Å². The molecule has 1 atom stereocenters. The number of rotatable bonds is 2. The smallest absolute Gasteiger partial charge is 0.0937 e. The number of nitrogens with zero attached hydrogens (tertiary/aromatic N) is 2. The molecule has 0 aliphatic carbocycles. The molecule has 3 heteroatoms. The first-order chi connectivity index (χ1) is 6.19. The van der Waals surface area contributed by atoms with Crippen molar-refractivity contribution in [3.63, 3.8) is 0 Å². The van der Waals surface area contributed by atoms with Crippen molar-refractivity contribution in [1.29, 1.82) is 0 Å². The average molecular weight is 175 g/mol. The number of terminal acetylenes is 1. The highest BCUT2D eigenvalue weighted by Crippen LogP contribution is 2.14. The molecular weight excluding hydrogens is 162 g/mol. The number of aromatic nitrogens is 2. The first-order valence-electron chi connectivity index (χ1n) is 4.23. The molecule has 1 rings (SSSR count). The molecule has 1 unspecified atom stereocenters. The van der Waals surface area contributed by atoms with Gasteiger partial charge in [-0.1, -0.05) is 12.8 Å². The zero-order valence-corrected chi connectivity index (χ0v) is 7.91. The van der Waals surface area contributed by atoms with Crippen LogP contribution in [0.2, 0.25) is 0 Å². The Balaban J connectivity index is 3.17. The van der Waals surface area contributed by atoms with Crippen LogP contribution in [0.5, 0.6) is 0 Å². The lowest BCUT2D eigenvalue weighted by atomic mass is 10.1. The summed E-state index contributed by atoms with van der Waals surface area (Å²) in [6.45, 7) is 3.88. The maximum absolute atomic E-state index is 5.74. The number of aryl methyl sites for hydroxylation is 2. The Hall–Kier alpha value is -1.40. The monoisotopic (exact) mass is 175 g/mol. The van der Waals surface area contributed by atoms with Gasteiger partial charge in [-0.05, 0) is 19.4 Å². The van der Waals surface area contributed by atoms with E-state index >= 15 is 0 Å². The standard InChI is InChI=1S/C10H13N3/c1-4-9(11)8-6-7(3)12-13-10(8)5-2/h1,6,9H,5,11H2,2-3H3. The topological polar surface area (TPSA) is 51.8 Å². The summed E-state index contributed by atoms with van der Waals surface area (Å²) < 4.78 is 0. The molecule has 0 radical (unpaired) electrons. The zero-order chi connectivity index (χ0) is 9.84. The van der Waals surface area contributed by atoms with Crippen LogP contribution in [-0.4, -0.2) is 10.2 Å². The fourth-order valence-electron chi connectivity index (χ4n) is 1.17. The van der Waals surface area contributed by atoms with Crippen molar-refractivity contribution in [3.8, 4) is 12.3 Å².